The van der Waals surface area contributed by atoms with Crippen LogP contribution < -0.4 is 11.1 Å². The molecule has 0 atom stereocenters. The molecule has 0 aliphatic heterocycles. The van der Waals surface area contributed by atoms with E-state index in [1.165, 1.54) is 0 Å². The van der Waals surface area contributed by atoms with Gasteiger partial charge in [0, 0.05) is 23.8 Å². The molecule has 94 valence electrons. The van der Waals surface area contributed by atoms with Crippen LogP contribution in [0.4, 0.5) is 5.69 Å². The quantitative estimate of drug-likeness (QED) is 0.838. The highest BCUT2D eigenvalue weighted by molar-refractivity contribution is 6.31. The maximum Gasteiger partial charge on any atom is 0.238 e. The molecule has 3 N–H and O–H groups in total. The van der Waals surface area contributed by atoms with Crippen molar-refractivity contribution < 1.29 is 4.79 Å². The average molecular weight is 256 g/mol. The summed E-state index contributed by atoms with van der Waals surface area (Å²) in [4.78, 5) is 13.6. The number of nitrogens with zero attached hydrogens (tertiary/aromatic N) is 1. The number of likely N-dealkylation sites (N-methyl/N-ethyl adjacent to an activating group) is 1. The van der Waals surface area contributed by atoms with Gasteiger partial charge in [0.1, 0.15) is 0 Å². The molecule has 4 nitrogen and oxygen atoms in total. The topological polar surface area (TPSA) is 58.4 Å². The fraction of sp³-hybridized carbons (Fsp3) is 0.417. The van der Waals surface area contributed by atoms with Gasteiger partial charge in [-0.25, -0.2) is 0 Å². The van der Waals surface area contributed by atoms with E-state index in [1.54, 1.807) is 12.1 Å². The molecule has 0 fully saturated rings. The Kier molecular flexibility index (Phi) is 5.41. The van der Waals surface area contributed by atoms with Gasteiger partial charge in [0.05, 0.1) is 6.54 Å². The van der Waals surface area contributed by atoms with Gasteiger partial charge in [-0.1, -0.05) is 17.7 Å². The van der Waals surface area contributed by atoms with E-state index >= 15 is 0 Å². The molecule has 0 heterocycles. The number of halogens is 1. The highest BCUT2D eigenvalue weighted by atomic mass is 35.5. The van der Waals surface area contributed by atoms with Crippen molar-refractivity contribution in [3.8, 4) is 0 Å². The summed E-state index contributed by atoms with van der Waals surface area (Å²) in [5, 5.41) is 3.45. The average Bonchev–Trinajstić information content (AvgIpc) is 2.23. The van der Waals surface area contributed by atoms with Gasteiger partial charge in [0.2, 0.25) is 5.91 Å². The number of carbonyl (C=O) groups is 1. The third-order valence-electron chi connectivity index (χ3n) is 2.40. The van der Waals surface area contributed by atoms with Gasteiger partial charge < -0.3 is 11.1 Å². The fourth-order valence-corrected chi connectivity index (χ4v) is 1.64. The Balaban J connectivity index is 2.58. The van der Waals surface area contributed by atoms with Crippen molar-refractivity contribution in [1.82, 2.24) is 4.90 Å². The summed E-state index contributed by atoms with van der Waals surface area (Å²) in [7, 11) is 1.86. The summed E-state index contributed by atoms with van der Waals surface area (Å²) < 4.78 is 0. The fourth-order valence-electron chi connectivity index (χ4n) is 1.46. The number of nitrogens with one attached hydrogen (secondary N) is 1. The smallest absolute Gasteiger partial charge is 0.238 e. The second-order valence-electron chi connectivity index (χ2n) is 4.03. The van der Waals surface area contributed by atoms with Gasteiger partial charge in [0.25, 0.3) is 0 Å². The van der Waals surface area contributed by atoms with Crippen molar-refractivity contribution in [3.63, 3.8) is 0 Å². The molecular weight excluding hydrogens is 238 g/mol. The van der Waals surface area contributed by atoms with Crippen LogP contribution in [0.5, 0.6) is 0 Å². The van der Waals surface area contributed by atoms with E-state index in [0.29, 0.717) is 24.7 Å². The third kappa shape index (κ3) is 4.73. The second kappa shape index (κ2) is 6.59. The molecule has 0 bridgehead atoms. The minimum atomic E-state index is -0.0636. The molecule has 0 spiro atoms. The minimum Gasteiger partial charge on any atom is -0.329 e. The molecule has 0 saturated heterocycles. The normalized spacial score (nSPS) is 10.6. The number of hydrogen-bond donors (Lipinski definition) is 2. The first kappa shape index (κ1) is 14.0. The van der Waals surface area contributed by atoms with E-state index in [-0.39, 0.29) is 5.91 Å². The van der Waals surface area contributed by atoms with E-state index in [1.807, 2.05) is 24.9 Å². The third-order valence-corrected chi connectivity index (χ3v) is 2.63. The summed E-state index contributed by atoms with van der Waals surface area (Å²) >= 11 is 5.88. The number of hydrogen-bond acceptors (Lipinski definition) is 3. The number of aryl methyl sites for hydroxylation is 1. The van der Waals surface area contributed by atoms with Crippen molar-refractivity contribution in [1.29, 1.82) is 0 Å². The molecule has 17 heavy (non-hydrogen) atoms. The molecule has 1 aromatic rings. The van der Waals surface area contributed by atoms with Crippen LogP contribution in [0.15, 0.2) is 18.2 Å². The predicted molar refractivity (Wildman–Crippen MR) is 71.4 cm³/mol. The van der Waals surface area contributed by atoms with Crippen molar-refractivity contribution in [3.05, 3.63) is 28.8 Å². The number of rotatable bonds is 5. The lowest BCUT2D eigenvalue weighted by atomic mass is 10.2. The van der Waals surface area contributed by atoms with Crippen LogP contribution in [0.25, 0.3) is 0 Å². The number of benzene rings is 1. The molecule has 1 amide bonds. The summed E-state index contributed by atoms with van der Waals surface area (Å²) in [5.74, 6) is -0.0636. The highest BCUT2D eigenvalue weighted by Crippen LogP contribution is 2.19. The predicted octanol–water partition coefficient (Wildman–Crippen LogP) is 1.48. The van der Waals surface area contributed by atoms with Gasteiger partial charge in [-0.3, -0.25) is 9.69 Å². The minimum absolute atomic E-state index is 0.0636. The van der Waals surface area contributed by atoms with Crippen molar-refractivity contribution in [2.45, 2.75) is 6.92 Å². The van der Waals surface area contributed by atoms with Crippen molar-refractivity contribution >= 4 is 23.2 Å². The maximum atomic E-state index is 11.7. The number of nitrogens with two attached hydrogens (primary N) is 1. The Hall–Kier alpha value is -1.10. The molecule has 5 heteroatoms. The van der Waals surface area contributed by atoms with E-state index < -0.39 is 0 Å². The van der Waals surface area contributed by atoms with Crippen LogP contribution in [0.3, 0.4) is 0 Å². The molecular formula is C12H18ClN3O. The summed E-state index contributed by atoms with van der Waals surface area (Å²) in [5.41, 5.74) is 7.15. The standard InChI is InChI=1S/C12H18ClN3O/c1-9-3-4-10(13)7-11(9)15-12(17)8-16(2)6-5-14/h3-4,7H,5-6,8,14H2,1-2H3,(H,15,17). The first-order valence-corrected chi connectivity index (χ1v) is 5.85. The highest BCUT2D eigenvalue weighted by Gasteiger charge is 2.07. The van der Waals surface area contributed by atoms with Gasteiger partial charge in [0.15, 0.2) is 0 Å². The summed E-state index contributed by atoms with van der Waals surface area (Å²) in [6, 6.07) is 5.42. The van der Waals surface area contributed by atoms with E-state index in [0.717, 1.165) is 11.3 Å². The Bertz CT molecular complexity index is 395. The number of anilines is 1. The van der Waals surface area contributed by atoms with Crippen LogP contribution >= 0.6 is 11.6 Å². The lowest BCUT2D eigenvalue weighted by Gasteiger charge is -2.15. The second-order valence-corrected chi connectivity index (χ2v) is 4.47. The molecule has 0 aromatic heterocycles. The van der Waals surface area contributed by atoms with E-state index in [4.69, 9.17) is 17.3 Å². The van der Waals surface area contributed by atoms with Gasteiger partial charge in [-0.2, -0.15) is 0 Å². The Morgan fingerprint density at radius 1 is 1.53 bits per heavy atom. The maximum absolute atomic E-state index is 11.7. The van der Waals surface area contributed by atoms with Crippen LogP contribution in [0, 0.1) is 6.92 Å². The summed E-state index contributed by atoms with van der Waals surface area (Å²) in [6.45, 7) is 3.49. The Morgan fingerprint density at radius 2 is 2.24 bits per heavy atom. The molecule has 1 aromatic carbocycles. The van der Waals surface area contributed by atoms with Crippen LogP contribution in [0.2, 0.25) is 5.02 Å². The zero-order valence-electron chi connectivity index (χ0n) is 10.2. The van der Waals surface area contributed by atoms with Crippen LogP contribution in [0.1, 0.15) is 5.56 Å². The molecule has 1 rings (SSSR count). The Morgan fingerprint density at radius 3 is 2.88 bits per heavy atom. The molecule has 0 aliphatic carbocycles. The van der Waals surface area contributed by atoms with Crippen molar-refractivity contribution in [2.24, 2.45) is 5.73 Å². The van der Waals surface area contributed by atoms with Crippen molar-refractivity contribution in [2.75, 3.05) is 32.0 Å². The number of carbonyl (C=O) groups excluding carboxylic acids is 1. The number of amides is 1. The molecule has 0 saturated carbocycles. The monoisotopic (exact) mass is 255 g/mol. The largest absolute Gasteiger partial charge is 0.329 e. The Labute approximate surface area is 107 Å². The SMILES string of the molecule is Cc1ccc(Cl)cc1NC(=O)CN(C)CCN. The molecule has 0 unspecified atom stereocenters. The van der Waals surface area contributed by atoms with Crippen LogP contribution in [-0.2, 0) is 4.79 Å². The summed E-state index contributed by atoms with van der Waals surface area (Å²) in [6.07, 6.45) is 0. The van der Waals surface area contributed by atoms with E-state index in [2.05, 4.69) is 5.32 Å². The first-order chi connectivity index (χ1) is 8.02. The van der Waals surface area contributed by atoms with Gasteiger partial charge >= 0.3 is 0 Å². The van der Waals surface area contributed by atoms with Gasteiger partial charge in [-0.05, 0) is 31.7 Å². The van der Waals surface area contributed by atoms with Crippen LogP contribution in [-0.4, -0.2) is 37.5 Å². The van der Waals surface area contributed by atoms with Gasteiger partial charge in [-0.15, -0.1) is 0 Å². The molecule has 0 aliphatic rings. The van der Waals surface area contributed by atoms with E-state index in [9.17, 15) is 4.79 Å². The first-order valence-electron chi connectivity index (χ1n) is 5.47. The molecule has 0 radical (unpaired) electrons. The zero-order valence-corrected chi connectivity index (χ0v) is 10.9. The zero-order chi connectivity index (χ0) is 12.8. The lowest BCUT2D eigenvalue weighted by molar-refractivity contribution is -0.117. The lowest BCUT2D eigenvalue weighted by Crippen LogP contribution is -2.33.